The number of thioether (sulfide) groups is 1. The summed E-state index contributed by atoms with van der Waals surface area (Å²) in [7, 11) is 1.39. The Morgan fingerprint density at radius 3 is 1.95 bits per heavy atom. The second kappa shape index (κ2) is 10.1. The fourth-order valence-corrected chi connectivity index (χ4v) is 2.81. The molecule has 4 nitrogen and oxygen atoms in total. The number of hydrogen-bond donors (Lipinski definition) is 0. The van der Waals surface area contributed by atoms with E-state index in [0.717, 1.165) is 13.1 Å². The molecule has 0 bridgehead atoms. The van der Waals surface area contributed by atoms with Gasteiger partial charge < -0.3 is 9.64 Å². The SMILES string of the molecule is COC(=O)C(C)CSCC(=O)N(CC(C)C)CC(C)C. The van der Waals surface area contributed by atoms with E-state index in [1.165, 1.54) is 18.9 Å². The summed E-state index contributed by atoms with van der Waals surface area (Å²) in [4.78, 5) is 25.4. The highest BCUT2D eigenvalue weighted by Gasteiger charge is 2.18. The number of nitrogens with zero attached hydrogens (tertiary/aromatic N) is 1. The molecule has 0 rings (SSSR count). The third kappa shape index (κ3) is 8.46. The highest BCUT2D eigenvalue weighted by Crippen LogP contribution is 2.12. The van der Waals surface area contributed by atoms with Crippen molar-refractivity contribution < 1.29 is 14.3 Å². The van der Waals surface area contributed by atoms with Crippen molar-refractivity contribution in [2.24, 2.45) is 17.8 Å². The first-order valence-electron chi connectivity index (χ1n) is 7.21. The molecule has 0 aliphatic rings. The van der Waals surface area contributed by atoms with Crippen molar-refractivity contribution in [1.82, 2.24) is 4.90 Å². The van der Waals surface area contributed by atoms with Crippen LogP contribution in [0.1, 0.15) is 34.6 Å². The minimum atomic E-state index is -0.217. The zero-order valence-corrected chi connectivity index (χ0v) is 14.5. The van der Waals surface area contributed by atoms with Gasteiger partial charge in [-0.3, -0.25) is 9.59 Å². The van der Waals surface area contributed by atoms with Crippen LogP contribution in [-0.4, -0.2) is 48.5 Å². The summed E-state index contributed by atoms with van der Waals surface area (Å²) in [5, 5.41) is 0. The van der Waals surface area contributed by atoms with Gasteiger partial charge in [-0.05, 0) is 11.8 Å². The van der Waals surface area contributed by atoms with Crippen LogP contribution < -0.4 is 0 Å². The van der Waals surface area contributed by atoms with Gasteiger partial charge in [0.15, 0.2) is 0 Å². The molecule has 20 heavy (non-hydrogen) atoms. The molecule has 5 heteroatoms. The maximum atomic E-state index is 12.2. The molecule has 0 spiro atoms. The topological polar surface area (TPSA) is 46.6 Å². The average molecular weight is 303 g/mol. The van der Waals surface area contributed by atoms with Gasteiger partial charge >= 0.3 is 5.97 Å². The molecule has 1 atom stereocenters. The molecule has 1 amide bonds. The zero-order chi connectivity index (χ0) is 15.7. The van der Waals surface area contributed by atoms with Crippen molar-refractivity contribution in [3.05, 3.63) is 0 Å². The van der Waals surface area contributed by atoms with Crippen LogP contribution in [0.3, 0.4) is 0 Å². The van der Waals surface area contributed by atoms with Crippen molar-refractivity contribution in [3.8, 4) is 0 Å². The Kier molecular flexibility index (Phi) is 9.72. The summed E-state index contributed by atoms with van der Waals surface area (Å²) in [5.41, 5.74) is 0. The average Bonchev–Trinajstić information content (AvgIpc) is 2.35. The van der Waals surface area contributed by atoms with Crippen LogP contribution in [0.5, 0.6) is 0 Å². The number of carbonyl (C=O) groups excluding carboxylic acids is 2. The minimum absolute atomic E-state index is 0.162. The van der Waals surface area contributed by atoms with Crippen molar-refractivity contribution in [1.29, 1.82) is 0 Å². The minimum Gasteiger partial charge on any atom is -0.469 e. The number of methoxy groups -OCH3 is 1. The van der Waals surface area contributed by atoms with Crippen LogP contribution in [0.4, 0.5) is 0 Å². The van der Waals surface area contributed by atoms with Gasteiger partial charge in [-0.15, -0.1) is 0 Å². The molecule has 0 aliphatic heterocycles. The van der Waals surface area contributed by atoms with Gasteiger partial charge in [0.05, 0.1) is 18.8 Å². The van der Waals surface area contributed by atoms with E-state index >= 15 is 0 Å². The molecule has 0 saturated heterocycles. The third-order valence-electron chi connectivity index (χ3n) is 2.72. The molecule has 0 aromatic carbocycles. The Morgan fingerprint density at radius 1 is 1.05 bits per heavy atom. The van der Waals surface area contributed by atoms with Crippen LogP contribution in [0.25, 0.3) is 0 Å². The maximum absolute atomic E-state index is 12.2. The van der Waals surface area contributed by atoms with Crippen molar-refractivity contribution >= 4 is 23.6 Å². The molecule has 1 unspecified atom stereocenters. The first kappa shape index (κ1) is 19.3. The first-order valence-corrected chi connectivity index (χ1v) is 8.36. The van der Waals surface area contributed by atoms with E-state index in [0.29, 0.717) is 23.3 Å². The number of ether oxygens (including phenoxy) is 1. The quantitative estimate of drug-likeness (QED) is 0.614. The number of rotatable bonds is 9. The van der Waals surface area contributed by atoms with E-state index in [-0.39, 0.29) is 17.8 Å². The van der Waals surface area contributed by atoms with Gasteiger partial charge in [-0.1, -0.05) is 34.6 Å². The van der Waals surface area contributed by atoms with Crippen LogP contribution in [0, 0.1) is 17.8 Å². The lowest BCUT2D eigenvalue weighted by Crippen LogP contribution is -2.38. The predicted molar refractivity (Wildman–Crippen MR) is 84.8 cm³/mol. The maximum Gasteiger partial charge on any atom is 0.309 e. The molecule has 0 fully saturated rings. The summed E-state index contributed by atoms with van der Waals surface area (Å²) in [6.07, 6.45) is 0. The molecule has 0 aliphatic carbocycles. The lowest BCUT2D eigenvalue weighted by Gasteiger charge is -2.26. The summed E-state index contributed by atoms with van der Waals surface area (Å²) in [6.45, 7) is 11.9. The highest BCUT2D eigenvalue weighted by atomic mass is 32.2. The smallest absolute Gasteiger partial charge is 0.309 e. The van der Waals surface area contributed by atoms with E-state index < -0.39 is 0 Å². The van der Waals surface area contributed by atoms with Gasteiger partial charge in [-0.25, -0.2) is 0 Å². The molecule has 0 aromatic rings. The Balaban J connectivity index is 4.22. The Morgan fingerprint density at radius 2 is 1.55 bits per heavy atom. The highest BCUT2D eigenvalue weighted by molar-refractivity contribution is 7.99. The largest absolute Gasteiger partial charge is 0.469 e. The normalized spacial score (nSPS) is 12.6. The van der Waals surface area contributed by atoms with Gasteiger partial charge in [0.25, 0.3) is 0 Å². The second-order valence-electron chi connectivity index (χ2n) is 6.03. The van der Waals surface area contributed by atoms with E-state index in [1.54, 1.807) is 0 Å². The van der Waals surface area contributed by atoms with Crippen molar-refractivity contribution in [2.75, 3.05) is 31.7 Å². The summed E-state index contributed by atoms with van der Waals surface area (Å²) in [6, 6.07) is 0. The third-order valence-corrected chi connectivity index (χ3v) is 3.91. The van der Waals surface area contributed by atoms with E-state index in [2.05, 4.69) is 32.4 Å². The van der Waals surface area contributed by atoms with E-state index in [4.69, 9.17) is 0 Å². The molecule has 118 valence electrons. The number of amides is 1. The van der Waals surface area contributed by atoms with Gasteiger partial charge in [0.2, 0.25) is 5.91 Å². The fourth-order valence-electron chi connectivity index (χ4n) is 1.84. The van der Waals surface area contributed by atoms with E-state index in [9.17, 15) is 9.59 Å². The second-order valence-corrected chi connectivity index (χ2v) is 7.06. The standard InChI is InChI=1S/C15H29NO3S/c1-11(2)7-16(8-12(3)4)14(17)10-20-9-13(5)15(18)19-6/h11-13H,7-10H2,1-6H3. The van der Waals surface area contributed by atoms with Gasteiger partial charge in [-0.2, -0.15) is 11.8 Å². The number of carbonyl (C=O) groups is 2. The van der Waals surface area contributed by atoms with Crippen LogP contribution in [0.15, 0.2) is 0 Å². The van der Waals surface area contributed by atoms with Gasteiger partial charge in [0, 0.05) is 18.8 Å². The molecule has 0 N–H and O–H groups in total. The zero-order valence-electron chi connectivity index (χ0n) is 13.6. The molecular formula is C15H29NO3S. The summed E-state index contributed by atoms with van der Waals surface area (Å²) >= 11 is 1.50. The molecule has 0 radical (unpaired) electrons. The molecule has 0 heterocycles. The lowest BCUT2D eigenvalue weighted by atomic mass is 10.1. The lowest BCUT2D eigenvalue weighted by molar-refractivity contribution is -0.144. The molecule has 0 aromatic heterocycles. The number of hydrogen-bond acceptors (Lipinski definition) is 4. The number of esters is 1. The van der Waals surface area contributed by atoms with Crippen molar-refractivity contribution in [2.45, 2.75) is 34.6 Å². The van der Waals surface area contributed by atoms with Crippen LogP contribution >= 0.6 is 11.8 Å². The van der Waals surface area contributed by atoms with Gasteiger partial charge in [0.1, 0.15) is 0 Å². The van der Waals surface area contributed by atoms with Crippen LogP contribution in [-0.2, 0) is 14.3 Å². The molecular weight excluding hydrogens is 274 g/mol. The Hall–Kier alpha value is -0.710. The summed E-state index contributed by atoms with van der Waals surface area (Å²) in [5.74, 6) is 1.77. The van der Waals surface area contributed by atoms with Crippen molar-refractivity contribution in [3.63, 3.8) is 0 Å². The first-order chi connectivity index (χ1) is 9.27. The van der Waals surface area contributed by atoms with E-state index in [1.807, 2.05) is 11.8 Å². The summed E-state index contributed by atoms with van der Waals surface area (Å²) < 4.78 is 4.67. The fraction of sp³-hybridized carbons (Fsp3) is 0.867. The van der Waals surface area contributed by atoms with Crippen LogP contribution in [0.2, 0.25) is 0 Å². The monoisotopic (exact) mass is 303 g/mol. The Bertz CT molecular complexity index is 295. The molecule has 0 saturated carbocycles. The Labute approximate surface area is 127 Å². The predicted octanol–water partition coefficient (Wildman–Crippen LogP) is 2.67.